The molecule has 0 aromatic carbocycles. The molecule has 1 heterocycles. The smallest absolute Gasteiger partial charge is 0.410 e. The molecule has 0 aliphatic carbocycles. The van der Waals surface area contributed by atoms with Crippen LogP contribution in [0.25, 0.3) is 0 Å². The van der Waals surface area contributed by atoms with Gasteiger partial charge in [0.25, 0.3) is 0 Å². The van der Waals surface area contributed by atoms with E-state index in [1.165, 1.54) is 12.0 Å². The van der Waals surface area contributed by atoms with Crippen LogP contribution >= 0.6 is 0 Å². The van der Waals surface area contributed by atoms with Gasteiger partial charge in [0, 0.05) is 6.54 Å². The van der Waals surface area contributed by atoms with Crippen molar-refractivity contribution >= 4 is 12.1 Å². The summed E-state index contributed by atoms with van der Waals surface area (Å²) in [7, 11) is 1.31. The first kappa shape index (κ1) is 10.6. The van der Waals surface area contributed by atoms with Gasteiger partial charge in [0.1, 0.15) is 0 Å². The van der Waals surface area contributed by atoms with Crippen LogP contribution in [-0.2, 0) is 14.3 Å². The van der Waals surface area contributed by atoms with Crippen LogP contribution in [0.4, 0.5) is 4.79 Å². The van der Waals surface area contributed by atoms with Gasteiger partial charge < -0.3 is 9.47 Å². The number of methoxy groups -OCH3 is 1. The maximum absolute atomic E-state index is 11.2. The number of rotatable bonds is 2. The summed E-state index contributed by atoms with van der Waals surface area (Å²) in [5.41, 5.74) is 0.511. The lowest BCUT2D eigenvalue weighted by molar-refractivity contribution is -0.138. The molecule has 14 heavy (non-hydrogen) atoms. The van der Waals surface area contributed by atoms with Crippen molar-refractivity contribution in [3.8, 4) is 0 Å². The van der Waals surface area contributed by atoms with Crippen molar-refractivity contribution in [2.24, 2.45) is 0 Å². The predicted molar refractivity (Wildman–Crippen MR) is 48.7 cm³/mol. The van der Waals surface area contributed by atoms with Crippen molar-refractivity contribution in [2.75, 3.05) is 26.8 Å². The maximum Gasteiger partial charge on any atom is 0.410 e. The Balaban J connectivity index is 2.47. The molecule has 78 valence electrons. The number of esters is 1. The van der Waals surface area contributed by atoms with E-state index >= 15 is 0 Å². The molecule has 0 N–H and O–H groups in total. The number of carbonyl (C=O) groups is 2. The SMILES string of the molecule is CCOC(=O)C1=CCN(C(=O)OC)C1. The lowest BCUT2D eigenvalue weighted by Crippen LogP contribution is -2.29. The van der Waals surface area contributed by atoms with E-state index in [1.807, 2.05) is 0 Å². The van der Waals surface area contributed by atoms with Gasteiger partial charge in [-0.05, 0) is 6.92 Å². The third-order valence-corrected chi connectivity index (χ3v) is 1.89. The summed E-state index contributed by atoms with van der Waals surface area (Å²) < 4.78 is 9.33. The third kappa shape index (κ3) is 2.25. The van der Waals surface area contributed by atoms with Crippen LogP contribution in [0.1, 0.15) is 6.92 Å². The average molecular weight is 199 g/mol. The fourth-order valence-corrected chi connectivity index (χ4v) is 1.19. The Kier molecular flexibility index (Phi) is 3.50. The molecule has 0 radical (unpaired) electrons. The monoisotopic (exact) mass is 199 g/mol. The highest BCUT2D eigenvalue weighted by Crippen LogP contribution is 2.11. The van der Waals surface area contributed by atoms with Gasteiger partial charge in [-0.15, -0.1) is 0 Å². The van der Waals surface area contributed by atoms with Gasteiger partial charge in [0.2, 0.25) is 0 Å². The molecular formula is C9H13NO4. The average Bonchev–Trinajstić information content (AvgIpc) is 2.66. The molecule has 0 unspecified atom stereocenters. The normalized spacial score (nSPS) is 15.0. The summed E-state index contributed by atoms with van der Waals surface area (Å²) in [6, 6.07) is 0. The zero-order valence-corrected chi connectivity index (χ0v) is 8.28. The van der Waals surface area contributed by atoms with E-state index in [4.69, 9.17) is 4.74 Å². The molecule has 0 aromatic heterocycles. The number of ether oxygens (including phenoxy) is 2. The quantitative estimate of drug-likeness (QED) is 0.610. The van der Waals surface area contributed by atoms with E-state index in [-0.39, 0.29) is 12.5 Å². The fourth-order valence-electron chi connectivity index (χ4n) is 1.19. The molecule has 0 saturated heterocycles. The van der Waals surface area contributed by atoms with Gasteiger partial charge in [-0.3, -0.25) is 4.90 Å². The Morgan fingerprint density at radius 1 is 1.57 bits per heavy atom. The van der Waals surface area contributed by atoms with Gasteiger partial charge in [-0.1, -0.05) is 6.08 Å². The lowest BCUT2D eigenvalue weighted by atomic mass is 10.3. The first-order chi connectivity index (χ1) is 6.69. The van der Waals surface area contributed by atoms with Crippen LogP contribution in [0.5, 0.6) is 0 Å². The van der Waals surface area contributed by atoms with Crippen molar-refractivity contribution in [1.29, 1.82) is 0 Å². The van der Waals surface area contributed by atoms with Crippen LogP contribution < -0.4 is 0 Å². The van der Waals surface area contributed by atoms with Crippen LogP contribution in [0.3, 0.4) is 0 Å². The molecule has 5 heteroatoms. The van der Waals surface area contributed by atoms with Gasteiger partial charge in [-0.25, -0.2) is 9.59 Å². The molecule has 1 aliphatic rings. The van der Waals surface area contributed by atoms with E-state index in [0.717, 1.165) is 0 Å². The predicted octanol–water partition coefficient (Wildman–Crippen LogP) is 0.558. The Morgan fingerprint density at radius 2 is 2.29 bits per heavy atom. The Bertz CT molecular complexity index is 272. The van der Waals surface area contributed by atoms with E-state index in [2.05, 4.69) is 4.74 Å². The second-order valence-electron chi connectivity index (χ2n) is 2.80. The maximum atomic E-state index is 11.2. The van der Waals surface area contributed by atoms with E-state index in [1.54, 1.807) is 13.0 Å². The first-order valence-corrected chi connectivity index (χ1v) is 4.38. The number of hydrogen-bond acceptors (Lipinski definition) is 4. The topological polar surface area (TPSA) is 55.8 Å². The minimum absolute atomic E-state index is 0.269. The molecule has 1 aliphatic heterocycles. The zero-order chi connectivity index (χ0) is 10.6. The Hall–Kier alpha value is -1.52. The highest BCUT2D eigenvalue weighted by atomic mass is 16.5. The van der Waals surface area contributed by atoms with Crippen LogP contribution in [-0.4, -0.2) is 43.8 Å². The number of carbonyl (C=O) groups excluding carboxylic acids is 2. The summed E-state index contributed by atoms with van der Waals surface area (Å²) in [5, 5.41) is 0. The van der Waals surface area contributed by atoms with Gasteiger partial charge in [-0.2, -0.15) is 0 Å². The van der Waals surface area contributed by atoms with Gasteiger partial charge in [0.15, 0.2) is 0 Å². The fraction of sp³-hybridized carbons (Fsp3) is 0.556. The highest BCUT2D eigenvalue weighted by molar-refractivity contribution is 5.90. The van der Waals surface area contributed by atoms with Crippen LogP contribution in [0.15, 0.2) is 11.6 Å². The van der Waals surface area contributed by atoms with Crippen molar-refractivity contribution in [1.82, 2.24) is 4.90 Å². The molecule has 1 rings (SSSR count). The molecule has 0 fully saturated rings. The Morgan fingerprint density at radius 3 is 2.86 bits per heavy atom. The second-order valence-corrected chi connectivity index (χ2v) is 2.80. The second kappa shape index (κ2) is 4.64. The minimum atomic E-state index is -0.430. The van der Waals surface area contributed by atoms with Gasteiger partial charge >= 0.3 is 12.1 Å². The molecule has 0 aromatic rings. The summed E-state index contributed by atoms with van der Waals surface area (Å²) >= 11 is 0. The summed E-state index contributed by atoms with van der Waals surface area (Å²) in [6.07, 6.45) is 1.25. The van der Waals surface area contributed by atoms with Crippen molar-refractivity contribution in [2.45, 2.75) is 6.92 Å². The number of hydrogen-bond donors (Lipinski definition) is 0. The van der Waals surface area contributed by atoms with E-state index < -0.39 is 6.09 Å². The van der Waals surface area contributed by atoms with Crippen molar-refractivity contribution in [3.05, 3.63) is 11.6 Å². The minimum Gasteiger partial charge on any atom is -0.463 e. The molecule has 5 nitrogen and oxygen atoms in total. The van der Waals surface area contributed by atoms with E-state index in [0.29, 0.717) is 18.7 Å². The van der Waals surface area contributed by atoms with Crippen LogP contribution in [0, 0.1) is 0 Å². The molecule has 0 spiro atoms. The summed E-state index contributed by atoms with van der Waals surface area (Å²) in [6.45, 7) is 2.76. The van der Waals surface area contributed by atoms with Crippen molar-refractivity contribution < 1.29 is 19.1 Å². The third-order valence-electron chi connectivity index (χ3n) is 1.89. The molecular weight excluding hydrogens is 186 g/mol. The Labute approximate surface area is 82.3 Å². The van der Waals surface area contributed by atoms with Crippen molar-refractivity contribution in [3.63, 3.8) is 0 Å². The summed E-state index contributed by atoms with van der Waals surface area (Å²) in [4.78, 5) is 23.7. The van der Waals surface area contributed by atoms with Crippen LogP contribution in [0.2, 0.25) is 0 Å². The zero-order valence-electron chi connectivity index (χ0n) is 8.28. The largest absolute Gasteiger partial charge is 0.463 e. The lowest BCUT2D eigenvalue weighted by Gasteiger charge is -2.13. The first-order valence-electron chi connectivity index (χ1n) is 4.38. The molecule has 0 atom stereocenters. The van der Waals surface area contributed by atoms with Gasteiger partial charge in [0.05, 0.1) is 25.8 Å². The standard InChI is InChI=1S/C9H13NO4/c1-3-14-8(11)7-4-5-10(6-7)9(12)13-2/h4H,3,5-6H2,1-2H3. The molecule has 0 saturated carbocycles. The highest BCUT2D eigenvalue weighted by Gasteiger charge is 2.24. The van der Waals surface area contributed by atoms with E-state index in [9.17, 15) is 9.59 Å². The molecule has 1 amide bonds. The number of nitrogens with zero attached hydrogens (tertiary/aromatic N) is 1. The molecule has 0 bridgehead atoms. The summed E-state index contributed by atoms with van der Waals surface area (Å²) in [5.74, 6) is -0.362. The number of amides is 1.